The molecule has 0 unspecified atom stereocenters. The van der Waals surface area contributed by atoms with Crippen molar-refractivity contribution in [2.24, 2.45) is 0 Å². The first-order valence-electron chi connectivity index (χ1n) is 5.86. The van der Waals surface area contributed by atoms with E-state index < -0.39 is 0 Å². The molecule has 0 bridgehead atoms. The molecule has 0 atom stereocenters. The second kappa shape index (κ2) is 5.27. The van der Waals surface area contributed by atoms with E-state index in [4.69, 9.17) is 0 Å². The maximum Gasteiger partial charge on any atom is 0.229 e. The third-order valence-corrected chi connectivity index (χ3v) is 3.79. The number of amides is 1. The minimum atomic E-state index is 0.161. The molecule has 0 N–H and O–H groups in total. The zero-order valence-corrected chi connectivity index (χ0v) is 11.0. The standard InChI is InChI=1S/C13H16N2OS/c1-3-15(4-2)13(16)9-12-14-10-7-5-6-8-11(10)17-12/h5-8H,3-4,9H2,1-2H3. The largest absolute Gasteiger partial charge is 0.343 e. The minimum Gasteiger partial charge on any atom is -0.343 e. The van der Waals surface area contributed by atoms with E-state index in [1.165, 1.54) is 0 Å². The Hall–Kier alpha value is -1.42. The highest BCUT2D eigenvalue weighted by Crippen LogP contribution is 2.22. The van der Waals surface area contributed by atoms with Crippen molar-refractivity contribution in [2.75, 3.05) is 13.1 Å². The second-order valence-corrected chi connectivity index (χ2v) is 4.93. The summed E-state index contributed by atoms with van der Waals surface area (Å²) in [6, 6.07) is 7.99. The van der Waals surface area contributed by atoms with Gasteiger partial charge in [-0.15, -0.1) is 11.3 Å². The van der Waals surface area contributed by atoms with Crippen LogP contribution in [0.4, 0.5) is 0 Å². The topological polar surface area (TPSA) is 33.2 Å². The van der Waals surface area contributed by atoms with E-state index in [-0.39, 0.29) is 5.91 Å². The Morgan fingerprint density at radius 3 is 2.65 bits per heavy atom. The van der Waals surface area contributed by atoms with Crippen LogP contribution in [0.1, 0.15) is 18.9 Å². The summed E-state index contributed by atoms with van der Waals surface area (Å²) in [5.41, 5.74) is 0.986. The molecule has 90 valence electrons. The van der Waals surface area contributed by atoms with Crippen molar-refractivity contribution >= 4 is 27.5 Å². The first kappa shape index (κ1) is 12.0. The van der Waals surface area contributed by atoms with Gasteiger partial charge in [0.1, 0.15) is 5.01 Å². The lowest BCUT2D eigenvalue weighted by Crippen LogP contribution is -2.31. The van der Waals surface area contributed by atoms with Crippen LogP contribution < -0.4 is 0 Å². The minimum absolute atomic E-state index is 0.161. The van der Waals surface area contributed by atoms with Crippen LogP contribution in [-0.4, -0.2) is 28.9 Å². The Morgan fingerprint density at radius 1 is 1.29 bits per heavy atom. The van der Waals surface area contributed by atoms with E-state index in [2.05, 4.69) is 4.98 Å². The Bertz CT molecular complexity index is 484. The summed E-state index contributed by atoms with van der Waals surface area (Å²) < 4.78 is 1.15. The molecule has 17 heavy (non-hydrogen) atoms. The summed E-state index contributed by atoms with van der Waals surface area (Å²) >= 11 is 1.61. The zero-order chi connectivity index (χ0) is 12.3. The smallest absolute Gasteiger partial charge is 0.229 e. The molecular formula is C13H16N2OS. The summed E-state index contributed by atoms with van der Waals surface area (Å²) in [4.78, 5) is 18.3. The molecule has 2 aromatic rings. The molecule has 0 aliphatic carbocycles. The van der Waals surface area contributed by atoms with Crippen LogP contribution in [0.2, 0.25) is 0 Å². The van der Waals surface area contributed by atoms with Crippen molar-refractivity contribution in [3.63, 3.8) is 0 Å². The molecule has 0 spiro atoms. The molecule has 4 heteroatoms. The molecule has 0 aliphatic heterocycles. The molecule has 3 nitrogen and oxygen atoms in total. The predicted molar refractivity (Wildman–Crippen MR) is 71.3 cm³/mol. The van der Waals surface area contributed by atoms with Gasteiger partial charge in [0.05, 0.1) is 16.6 Å². The van der Waals surface area contributed by atoms with Crippen LogP contribution in [-0.2, 0) is 11.2 Å². The van der Waals surface area contributed by atoms with E-state index in [0.29, 0.717) is 6.42 Å². The molecule has 0 saturated heterocycles. The van der Waals surface area contributed by atoms with Crippen LogP contribution >= 0.6 is 11.3 Å². The zero-order valence-electron chi connectivity index (χ0n) is 10.1. The van der Waals surface area contributed by atoms with Crippen molar-refractivity contribution in [3.05, 3.63) is 29.3 Å². The average Bonchev–Trinajstić information content (AvgIpc) is 2.72. The third-order valence-electron chi connectivity index (χ3n) is 2.76. The van der Waals surface area contributed by atoms with Gasteiger partial charge in [-0.2, -0.15) is 0 Å². The SMILES string of the molecule is CCN(CC)C(=O)Cc1nc2ccccc2s1. The Kier molecular flexibility index (Phi) is 3.74. The van der Waals surface area contributed by atoms with Gasteiger partial charge < -0.3 is 4.90 Å². The van der Waals surface area contributed by atoms with Gasteiger partial charge in [-0.1, -0.05) is 12.1 Å². The molecule has 1 aromatic heterocycles. The lowest BCUT2D eigenvalue weighted by molar-refractivity contribution is -0.130. The number of carbonyl (C=O) groups is 1. The van der Waals surface area contributed by atoms with Gasteiger partial charge in [0, 0.05) is 13.1 Å². The van der Waals surface area contributed by atoms with Crippen LogP contribution in [0, 0.1) is 0 Å². The summed E-state index contributed by atoms with van der Waals surface area (Å²) in [5.74, 6) is 0.161. The van der Waals surface area contributed by atoms with E-state index in [0.717, 1.165) is 28.3 Å². The molecule has 0 saturated carbocycles. The first-order valence-corrected chi connectivity index (χ1v) is 6.68. The molecular weight excluding hydrogens is 232 g/mol. The number of benzene rings is 1. The van der Waals surface area contributed by atoms with E-state index in [1.54, 1.807) is 11.3 Å². The summed E-state index contributed by atoms with van der Waals surface area (Å²) in [6.07, 6.45) is 0.418. The molecule has 0 radical (unpaired) electrons. The van der Waals surface area contributed by atoms with Crippen molar-refractivity contribution in [3.8, 4) is 0 Å². The number of carbonyl (C=O) groups excluding carboxylic acids is 1. The van der Waals surface area contributed by atoms with Crippen LogP contribution in [0.5, 0.6) is 0 Å². The Balaban J connectivity index is 2.15. The van der Waals surface area contributed by atoms with Gasteiger partial charge in [0.15, 0.2) is 0 Å². The number of aromatic nitrogens is 1. The van der Waals surface area contributed by atoms with E-state index in [1.807, 2.05) is 43.0 Å². The third kappa shape index (κ3) is 2.64. The monoisotopic (exact) mass is 248 g/mol. The number of fused-ring (bicyclic) bond motifs is 1. The highest BCUT2D eigenvalue weighted by molar-refractivity contribution is 7.18. The van der Waals surface area contributed by atoms with Gasteiger partial charge in [0.25, 0.3) is 0 Å². The van der Waals surface area contributed by atoms with Gasteiger partial charge in [-0.05, 0) is 26.0 Å². The van der Waals surface area contributed by atoms with Gasteiger partial charge in [-0.25, -0.2) is 4.98 Å². The number of hydrogen-bond acceptors (Lipinski definition) is 3. The van der Waals surface area contributed by atoms with Gasteiger partial charge in [-0.3, -0.25) is 4.79 Å². The van der Waals surface area contributed by atoms with E-state index >= 15 is 0 Å². The maximum absolute atomic E-state index is 11.9. The number of para-hydroxylation sites is 1. The van der Waals surface area contributed by atoms with Gasteiger partial charge in [0.2, 0.25) is 5.91 Å². The van der Waals surface area contributed by atoms with Crippen molar-refractivity contribution < 1.29 is 4.79 Å². The van der Waals surface area contributed by atoms with Crippen LogP contribution in [0.25, 0.3) is 10.2 Å². The number of thiazole rings is 1. The molecule has 1 heterocycles. The fraction of sp³-hybridized carbons (Fsp3) is 0.385. The second-order valence-electron chi connectivity index (χ2n) is 3.82. The lowest BCUT2D eigenvalue weighted by atomic mass is 10.3. The normalized spacial score (nSPS) is 10.7. The highest BCUT2D eigenvalue weighted by Gasteiger charge is 2.13. The number of rotatable bonds is 4. The van der Waals surface area contributed by atoms with Crippen LogP contribution in [0.3, 0.4) is 0 Å². The molecule has 2 rings (SSSR count). The lowest BCUT2D eigenvalue weighted by Gasteiger charge is -2.17. The molecule has 1 amide bonds. The number of likely N-dealkylation sites (N-methyl/N-ethyl adjacent to an activating group) is 1. The van der Waals surface area contributed by atoms with Crippen LogP contribution in [0.15, 0.2) is 24.3 Å². The molecule has 0 aliphatic rings. The fourth-order valence-electron chi connectivity index (χ4n) is 1.81. The predicted octanol–water partition coefficient (Wildman–Crippen LogP) is 2.71. The average molecular weight is 248 g/mol. The maximum atomic E-state index is 11.9. The Morgan fingerprint density at radius 2 is 2.00 bits per heavy atom. The summed E-state index contributed by atoms with van der Waals surface area (Å²) in [5, 5.41) is 0.906. The first-order chi connectivity index (χ1) is 8.24. The van der Waals surface area contributed by atoms with Crippen molar-refractivity contribution in [2.45, 2.75) is 20.3 Å². The van der Waals surface area contributed by atoms with Crippen molar-refractivity contribution in [1.82, 2.24) is 9.88 Å². The van der Waals surface area contributed by atoms with E-state index in [9.17, 15) is 4.79 Å². The molecule has 1 aromatic carbocycles. The molecule has 0 fully saturated rings. The summed E-state index contributed by atoms with van der Waals surface area (Å²) in [6.45, 7) is 5.53. The Labute approximate surface area is 105 Å². The van der Waals surface area contributed by atoms with Crippen molar-refractivity contribution in [1.29, 1.82) is 0 Å². The number of hydrogen-bond donors (Lipinski definition) is 0. The highest BCUT2D eigenvalue weighted by atomic mass is 32.1. The summed E-state index contributed by atoms with van der Waals surface area (Å²) in [7, 11) is 0. The quantitative estimate of drug-likeness (QED) is 0.833. The van der Waals surface area contributed by atoms with Gasteiger partial charge >= 0.3 is 0 Å². The number of nitrogens with zero attached hydrogens (tertiary/aromatic N) is 2. The fourth-order valence-corrected chi connectivity index (χ4v) is 2.77.